The van der Waals surface area contributed by atoms with Gasteiger partial charge in [0.05, 0.1) is 33.9 Å². The molecule has 2 atom stereocenters. The standard InChI is InChI=1S/C27H25N3O4S2/c1-4-15-30-24-14-11-20-7-5-6-8-23(20)25(24)35-27(30)28-26(31)21-9-12-22(13-10-21)36(32,33)29-16-18(2)34-19(3)17-29/h1,5-14,18-19H,15-17H2,2-3H3/t18-,19+. The molecule has 184 valence electrons. The highest BCUT2D eigenvalue weighted by Crippen LogP contribution is 2.28. The average molecular weight is 520 g/mol. The van der Waals surface area contributed by atoms with Gasteiger partial charge in [-0.15, -0.1) is 6.42 Å². The first-order chi connectivity index (χ1) is 17.3. The Kier molecular flexibility index (Phi) is 6.53. The fraction of sp³-hybridized carbons (Fsp3) is 0.259. The zero-order valence-corrected chi connectivity index (χ0v) is 21.6. The summed E-state index contributed by atoms with van der Waals surface area (Å²) in [7, 11) is -3.69. The van der Waals surface area contributed by atoms with Crippen molar-refractivity contribution >= 4 is 48.3 Å². The van der Waals surface area contributed by atoms with E-state index >= 15 is 0 Å². The van der Waals surface area contributed by atoms with Crippen molar-refractivity contribution in [3.63, 3.8) is 0 Å². The number of thiazole rings is 1. The van der Waals surface area contributed by atoms with E-state index in [1.807, 2.05) is 54.8 Å². The minimum Gasteiger partial charge on any atom is -0.373 e. The normalized spacial score (nSPS) is 19.5. The van der Waals surface area contributed by atoms with E-state index in [4.69, 9.17) is 11.2 Å². The number of nitrogens with zero attached hydrogens (tertiary/aromatic N) is 3. The van der Waals surface area contributed by atoms with Gasteiger partial charge in [0, 0.05) is 24.0 Å². The molecule has 1 aliphatic heterocycles. The molecular formula is C27H25N3O4S2. The zero-order valence-electron chi connectivity index (χ0n) is 19.9. The second kappa shape index (κ2) is 9.64. The largest absolute Gasteiger partial charge is 0.373 e. The molecule has 0 unspecified atom stereocenters. The topological polar surface area (TPSA) is 81.0 Å². The molecule has 0 N–H and O–H groups in total. The Balaban J connectivity index is 1.49. The summed E-state index contributed by atoms with van der Waals surface area (Å²) in [6.45, 7) is 4.56. The Labute approximate surface area is 213 Å². The monoisotopic (exact) mass is 519 g/mol. The lowest BCUT2D eigenvalue weighted by atomic mass is 10.1. The predicted molar refractivity (Wildman–Crippen MR) is 141 cm³/mol. The molecule has 0 radical (unpaired) electrons. The number of benzene rings is 3. The Bertz CT molecular complexity index is 1670. The number of terminal acetylenes is 1. The SMILES string of the molecule is C#CCn1c(=NC(=O)c2ccc(S(=O)(=O)N3C[C@@H](C)O[C@@H](C)C3)cc2)sc2c3ccccc3ccc21. The Morgan fingerprint density at radius 3 is 2.47 bits per heavy atom. The molecule has 1 fully saturated rings. The lowest BCUT2D eigenvalue weighted by molar-refractivity contribution is -0.0440. The van der Waals surface area contributed by atoms with Crippen LogP contribution in [0.4, 0.5) is 0 Å². The third-order valence-electron chi connectivity index (χ3n) is 6.15. The molecule has 1 saturated heterocycles. The van der Waals surface area contributed by atoms with Crippen molar-refractivity contribution in [3.8, 4) is 12.3 Å². The van der Waals surface area contributed by atoms with Crippen molar-refractivity contribution in [1.82, 2.24) is 8.87 Å². The van der Waals surface area contributed by atoms with E-state index in [9.17, 15) is 13.2 Å². The fourth-order valence-corrected chi connectivity index (χ4v) is 7.28. The van der Waals surface area contributed by atoms with Crippen molar-refractivity contribution in [2.45, 2.75) is 37.5 Å². The fourth-order valence-electron chi connectivity index (χ4n) is 4.52. The molecule has 0 aliphatic carbocycles. The van der Waals surface area contributed by atoms with Gasteiger partial charge >= 0.3 is 0 Å². The van der Waals surface area contributed by atoms with Gasteiger partial charge in [-0.1, -0.05) is 47.6 Å². The summed E-state index contributed by atoms with van der Waals surface area (Å²) in [5.74, 6) is 2.18. The molecule has 1 amide bonds. The van der Waals surface area contributed by atoms with Gasteiger partial charge in [0.15, 0.2) is 4.80 Å². The second-order valence-electron chi connectivity index (χ2n) is 8.83. The number of rotatable bonds is 4. The van der Waals surface area contributed by atoms with Crippen molar-refractivity contribution in [3.05, 3.63) is 71.0 Å². The number of amides is 1. The number of hydrogen-bond donors (Lipinski definition) is 0. The molecule has 36 heavy (non-hydrogen) atoms. The summed E-state index contributed by atoms with van der Waals surface area (Å²) in [5, 5.41) is 2.17. The molecule has 9 heteroatoms. The van der Waals surface area contributed by atoms with E-state index in [1.54, 1.807) is 0 Å². The van der Waals surface area contributed by atoms with E-state index in [2.05, 4.69) is 10.9 Å². The first-order valence-electron chi connectivity index (χ1n) is 11.6. The van der Waals surface area contributed by atoms with E-state index in [0.29, 0.717) is 23.5 Å². The quantitative estimate of drug-likeness (QED) is 0.382. The Morgan fingerprint density at radius 2 is 1.78 bits per heavy atom. The Morgan fingerprint density at radius 1 is 1.08 bits per heavy atom. The summed E-state index contributed by atoms with van der Waals surface area (Å²) in [5.41, 5.74) is 1.21. The number of fused-ring (bicyclic) bond motifs is 3. The van der Waals surface area contributed by atoms with Crippen LogP contribution >= 0.6 is 11.3 Å². The molecule has 0 spiro atoms. The summed E-state index contributed by atoms with van der Waals surface area (Å²) in [4.78, 5) is 18.1. The minimum absolute atomic E-state index is 0.135. The molecule has 4 aromatic rings. The zero-order chi connectivity index (χ0) is 25.4. The summed E-state index contributed by atoms with van der Waals surface area (Å²) in [6, 6.07) is 18.0. The smallest absolute Gasteiger partial charge is 0.279 e. The summed E-state index contributed by atoms with van der Waals surface area (Å²) >= 11 is 1.41. The molecule has 1 aromatic heterocycles. The number of carbonyl (C=O) groups excluding carboxylic acids is 1. The van der Waals surface area contributed by atoms with Crippen molar-refractivity contribution in [2.24, 2.45) is 4.99 Å². The first kappa shape index (κ1) is 24.4. The van der Waals surface area contributed by atoms with Gasteiger partial charge in [-0.2, -0.15) is 9.30 Å². The van der Waals surface area contributed by atoms with Crippen LogP contribution in [0.3, 0.4) is 0 Å². The number of hydrogen-bond acceptors (Lipinski definition) is 5. The van der Waals surface area contributed by atoms with Gasteiger partial charge in [-0.25, -0.2) is 8.42 Å². The minimum atomic E-state index is -3.69. The lowest BCUT2D eigenvalue weighted by Gasteiger charge is -2.34. The van der Waals surface area contributed by atoms with Gasteiger partial charge in [0.25, 0.3) is 5.91 Å². The number of morpholine rings is 1. The molecule has 3 aromatic carbocycles. The van der Waals surface area contributed by atoms with Crippen LogP contribution in [0.15, 0.2) is 70.6 Å². The van der Waals surface area contributed by atoms with Crippen molar-refractivity contribution in [1.29, 1.82) is 0 Å². The van der Waals surface area contributed by atoms with E-state index < -0.39 is 15.9 Å². The maximum Gasteiger partial charge on any atom is 0.279 e. The van der Waals surface area contributed by atoms with Crippen molar-refractivity contribution in [2.75, 3.05) is 13.1 Å². The molecule has 1 aliphatic rings. The molecular weight excluding hydrogens is 494 g/mol. The first-order valence-corrected chi connectivity index (χ1v) is 13.8. The van der Waals surface area contributed by atoms with Crippen LogP contribution in [0.1, 0.15) is 24.2 Å². The van der Waals surface area contributed by atoms with Gasteiger partial charge in [-0.3, -0.25) is 4.79 Å². The van der Waals surface area contributed by atoms with Gasteiger partial charge in [0.2, 0.25) is 10.0 Å². The van der Waals surface area contributed by atoms with Crippen LogP contribution in [0.2, 0.25) is 0 Å². The molecule has 0 saturated carbocycles. The number of aromatic nitrogens is 1. The van der Waals surface area contributed by atoms with E-state index in [0.717, 1.165) is 21.0 Å². The highest BCUT2D eigenvalue weighted by molar-refractivity contribution is 7.89. The van der Waals surface area contributed by atoms with Gasteiger partial charge in [-0.05, 0) is 49.6 Å². The third-order valence-corrected chi connectivity index (χ3v) is 9.12. The van der Waals surface area contributed by atoms with Crippen LogP contribution in [0.25, 0.3) is 21.0 Å². The highest BCUT2D eigenvalue weighted by atomic mass is 32.2. The number of ether oxygens (including phenoxy) is 1. The maximum atomic E-state index is 13.1. The van der Waals surface area contributed by atoms with Crippen LogP contribution in [-0.4, -0.2) is 48.5 Å². The van der Waals surface area contributed by atoms with Crippen molar-refractivity contribution < 1.29 is 17.9 Å². The van der Waals surface area contributed by atoms with E-state index in [1.165, 1.54) is 39.9 Å². The molecule has 7 nitrogen and oxygen atoms in total. The molecule has 2 heterocycles. The summed E-state index contributed by atoms with van der Waals surface area (Å²) in [6.07, 6.45) is 5.24. The number of sulfonamides is 1. The number of carbonyl (C=O) groups is 1. The molecule has 5 rings (SSSR count). The van der Waals surface area contributed by atoms with Crippen LogP contribution in [0.5, 0.6) is 0 Å². The Hall–Kier alpha value is -3.29. The van der Waals surface area contributed by atoms with Crippen LogP contribution < -0.4 is 4.80 Å². The maximum absolute atomic E-state index is 13.1. The van der Waals surface area contributed by atoms with Crippen LogP contribution in [-0.2, 0) is 21.3 Å². The lowest BCUT2D eigenvalue weighted by Crippen LogP contribution is -2.48. The summed E-state index contributed by atoms with van der Waals surface area (Å²) < 4.78 is 36.2. The van der Waals surface area contributed by atoms with Gasteiger partial charge in [0.1, 0.15) is 0 Å². The average Bonchev–Trinajstić information content (AvgIpc) is 3.21. The van der Waals surface area contributed by atoms with Gasteiger partial charge < -0.3 is 9.30 Å². The second-order valence-corrected chi connectivity index (χ2v) is 11.7. The highest BCUT2D eigenvalue weighted by Gasteiger charge is 2.32. The molecule has 0 bridgehead atoms. The third kappa shape index (κ3) is 4.49. The van der Waals surface area contributed by atoms with E-state index in [-0.39, 0.29) is 23.6 Å². The van der Waals surface area contributed by atoms with Crippen LogP contribution in [0, 0.1) is 12.3 Å². The predicted octanol–water partition coefficient (Wildman–Crippen LogP) is 4.03.